The first-order valence-electron chi connectivity index (χ1n) is 6.77. The molecular formula is C17H17FO4. The number of ketones is 1. The molecule has 0 unspecified atom stereocenters. The summed E-state index contributed by atoms with van der Waals surface area (Å²) in [5.74, 6) is 0.0711. The minimum atomic E-state index is -0.630. The van der Waals surface area contributed by atoms with Crippen molar-refractivity contribution in [1.82, 2.24) is 0 Å². The van der Waals surface area contributed by atoms with Crippen molar-refractivity contribution in [3.8, 4) is 17.2 Å². The van der Waals surface area contributed by atoms with Gasteiger partial charge in [0.1, 0.15) is 11.6 Å². The Morgan fingerprint density at radius 2 is 1.82 bits per heavy atom. The Kier molecular flexibility index (Phi) is 4.99. The van der Waals surface area contributed by atoms with Gasteiger partial charge in [0, 0.05) is 6.42 Å². The number of Topliss-reactive ketones (excluding diaryl/α,β-unsaturated/α-hetero) is 1. The van der Waals surface area contributed by atoms with E-state index in [-0.39, 0.29) is 23.5 Å². The van der Waals surface area contributed by atoms with Gasteiger partial charge in [-0.25, -0.2) is 4.39 Å². The fourth-order valence-corrected chi connectivity index (χ4v) is 2.16. The molecule has 0 aliphatic heterocycles. The number of methoxy groups -OCH3 is 2. The second-order valence-electron chi connectivity index (χ2n) is 4.78. The lowest BCUT2D eigenvalue weighted by molar-refractivity contribution is 0.0978. The number of benzene rings is 2. The Morgan fingerprint density at radius 3 is 2.50 bits per heavy atom. The fourth-order valence-electron chi connectivity index (χ4n) is 2.16. The first-order chi connectivity index (χ1) is 10.5. The molecule has 2 aromatic rings. The zero-order valence-corrected chi connectivity index (χ0v) is 12.4. The van der Waals surface area contributed by atoms with E-state index < -0.39 is 5.82 Å². The van der Waals surface area contributed by atoms with E-state index in [2.05, 4.69) is 0 Å². The summed E-state index contributed by atoms with van der Waals surface area (Å²) in [6.07, 6.45) is 0.574. The molecule has 4 nitrogen and oxygen atoms in total. The summed E-state index contributed by atoms with van der Waals surface area (Å²) in [6, 6.07) is 8.80. The number of hydrogen-bond donors (Lipinski definition) is 1. The molecule has 0 aliphatic rings. The summed E-state index contributed by atoms with van der Waals surface area (Å²) >= 11 is 0. The summed E-state index contributed by atoms with van der Waals surface area (Å²) < 4.78 is 23.9. The predicted octanol–water partition coefficient (Wildman–Crippen LogP) is 3.36. The van der Waals surface area contributed by atoms with Gasteiger partial charge in [0.2, 0.25) is 0 Å². The number of ether oxygens (including phenoxy) is 2. The Hall–Kier alpha value is -2.56. The van der Waals surface area contributed by atoms with E-state index in [1.807, 2.05) is 6.07 Å². The van der Waals surface area contributed by atoms with Crippen molar-refractivity contribution in [1.29, 1.82) is 0 Å². The van der Waals surface area contributed by atoms with Crippen LogP contribution in [0.4, 0.5) is 4.39 Å². The van der Waals surface area contributed by atoms with Crippen molar-refractivity contribution >= 4 is 5.78 Å². The van der Waals surface area contributed by atoms with E-state index in [0.717, 1.165) is 17.7 Å². The van der Waals surface area contributed by atoms with Crippen LogP contribution < -0.4 is 9.47 Å². The molecule has 5 heteroatoms. The second-order valence-corrected chi connectivity index (χ2v) is 4.78. The molecule has 0 bridgehead atoms. The number of aromatic hydroxyl groups is 1. The Balaban J connectivity index is 2.09. The highest BCUT2D eigenvalue weighted by molar-refractivity contribution is 5.96. The maximum atomic E-state index is 13.6. The molecule has 0 atom stereocenters. The smallest absolute Gasteiger partial charge is 0.166 e. The van der Waals surface area contributed by atoms with Gasteiger partial charge < -0.3 is 14.6 Å². The molecule has 0 aliphatic carbocycles. The Labute approximate surface area is 128 Å². The summed E-state index contributed by atoms with van der Waals surface area (Å²) in [7, 11) is 3.08. The van der Waals surface area contributed by atoms with Crippen LogP contribution in [0.5, 0.6) is 17.2 Å². The van der Waals surface area contributed by atoms with Crippen LogP contribution in [0.25, 0.3) is 0 Å². The molecular weight excluding hydrogens is 287 g/mol. The largest absolute Gasteiger partial charge is 0.508 e. The van der Waals surface area contributed by atoms with Gasteiger partial charge >= 0.3 is 0 Å². The maximum absolute atomic E-state index is 13.6. The summed E-state index contributed by atoms with van der Waals surface area (Å²) in [5, 5.41) is 9.35. The van der Waals surface area contributed by atoms with E-state index in [1.54, 1.807) is 19.2 Å². The third kappa shape index (κ3) is 3.55. The van der Waals surface area contributed by atoms with Crippen LogP contribution in [0.1, 0.15) is 22.3 Å². The zero-order chi connectivity index (χ0) is 16.1. The topological polar surface area (TPSA) is 55.8 Å². The normalized spacial score (nSPS) is 10.3. The number of hydrogen-bond acceptors (Lipinski definition) is 4. The lowest BCUT2D eigenvalue weighted by Crippen LogP contribution is -2.04. The molecule has 0 saturated heterocycles. The van der Waals surface area contributed by atoms with Gasteiger partial charge in [-0.2, -0.15) is 0 Å². The highest BCUT2D eigenvalue weighted by atomic mass is 19.1. The molecule has 0 spiro atoms. The summed E-state index contributed by atoms with van der Waals surface area (Å²) in [4.78, 5) is 12.1. The van der Waals surface area contributed by atoms with Gasteiger partial charge in [-0.1, -0.05) is 6.07 Å². The Bertz CT molecular complexity index is 682. The second kappa shape index (κ2) is 6.93. The van der Waals surface area contributed by atoms with Crippen LogP contribution in [0.15, 0.2) is 36.4 Å². The third-order valence-electron chi connectivity index (χ3n) is 3.34. The molecule has 0 saturated carbocycles. The quantitative estimate of drug-likeness (QED) is 0.831. The number of carbonyl (C=O) groups is 1. The molecule has 0 aromatic heterocycles. The monoisotopic (exact) mass is 304 g/mol. The van der Waals surface area contributed by atoms with Gasteiger partial charge in [0.25, 0.3) is 0 Å². The lowest BCUT2D eigenvalue weighted by atomic mass is 10.0. The molecule has 0 radical (unpaired) electrons. The minimum absolute atomic E-state index is 0.0968. The summed E-state index contributed by atoms with van der Waals surface area (Å²) in [5.41, 5.74) is 0.784. The number of phenols is 1. The first kappa shape index (κ1) is 15.8. The van der Waals surface area contributed by atoms with Crippen LogP contribution in [-0.2, 0) is 6.42 Å². The third-order valence-corrected chi connectivity index (χ3v) is 3.34. The number of aryl methyl sites for hydroxylation is 1. The van der Waals surface area contributed by atoms with Crippen molar-refractivity contribution in [2.45, 2.75) is 12.8 Å². The standard InChI is InChI=1S/C17H17FO4/c1-21-16-8-4-11(9-17(16)22-2)3-7-15(20)13-10-12(19)5-6-14(13)18/h4-6,8-10,19H,3,7H2,1-2H3. The van der Waals surface area contributed by atoms with Crippen molar-refractivity contribution in [2.24, 2.45) is 0 Å². The fraction of sp³-hybridized carbons (Fsp3) is 0.235. The molecule has 2 aromatic carbocycles. The van der Waals surface area contributed by atoms with Crippen LogP contribution in [0.3, 0.4) is 0 Å². The van der Waals surface area contributed by atoms with Gasteiger partial charge in [0.05, 0.1) is 19.8 Å². The maximum Gasteiger partial charge on any atom is 0.166 e. The van der Waals surface area contributed by atoms with Gasteiger partial charge in [-0.15, -0.1) is 0 Å². The van der Waals surface area contributed by atoms with Crippen molar-refractivity contribution in [3.05, 3.63) is 53.3 Å². The molecule has 0 fully saturated rings. The minimum Gasteiger partial charge on any atom is -0.508 e. The van der Waals surface area contributed by atoms with E-state index in [0.29, 0.717) is 17.9 Å². The lowest BCUT2D eigenvalue weighted by Gasteiger charge is -2.09. The number of halogens is 1. The van der Waals surface area contributed by atoms with Gasteiger partial charge in [-0.3, -0.25) is 4.79 Å². The van der Waals surface area contributed by atoms with Crippen LogP contribution in [-0.4, -0.2) is 25.1 Å². The van der Waals surface area contributed by atoms with Gasteiger partial charge in [0.15, 0.2) is 17.3 Å². The first-order valence-corrected chi connectivity index (χ1v) is 6.77. The van der Waals surface area contributed by atoms with Crippen LogP contribution in [0, 0.1) is 5.82 Å². The number of carbonyl (C=O) groups excluding carboxylic acids is 1. The van der Waals surface area contributed by atoms with Crippen molar-refractivity contribution in [3.63, 3.8) is 0 Å². The van der Waals surface area contributed by atoms with Crippen molar-refractivity contribution in [2.75, 3.05) is 14.2 Å². The van der Waals surface area contributed by atoms with E-state index in [1.165, 1.54) is 13.2 Å². The molecule has 116 valence electrons. The molecule has 2 rings (SSSR count). The van der Waals surface area contributed by atoms with E-state index in [4.69, 9.17) is 9.47 Å². The molecule has 0 heterocycles. The van der Waals surface area contributed by atoms with Gasteiger partial charge in [-0.05, 0) is 42.3 Å². The van der Waals surface area contributed by atoms with E-state index >= 15 is 0 Å². The molecule has 1 N–H and O–H groups in total. The van der Waals surface area contributed by atoms with Crippen LogP contribution >= 0.6 is 0 Å². The number of phenolic OH excluding ortho intramolecular Hbond substituents is 1. The molecule has 0 amide bonds. The number of rotatable bonds is 6. The molecule has 22 heavy (non-hydrogen) atoms. The van der Waals surface area contributed by atoms with E-state index in [9.17, 15) is 14.3 Å². The highest BCUT2D eigenvalue weighted by Gasteiger charge is 2.13. The average molecular weight is 304 g/mol. The SMILES string of the molecule is COc1ccc(CCC(=O)c2cc(O)ccc2F)cc1OC. The van der Waals surface area contributed by atoms with Crippen molar-refractivity contribution < 1.29 is 23.8 Å². The predicted molar refractivity (Wildman–Crippen MR) is 80.3 cm³/mol. The van der Waals surface area contributed by atoms with Crippen LogP contribution in [0.2, 0.25) is 0 Å². The average Bonchev–Trinajstić information content (AvgIpc) is 2.54. The zero-order valence-electron chi connectivity index (χ0n) is 12.4. The highest BCUT2D eigenvalue weighted by Crippen LogP contribution is 2.28. The Morgan fingerprint density at radius 1 is 1.09 bits per heavy atom. The summed E-state index contributed by atoms with van der Waals surface area (Å²) in [6.45, 7) is 0.